The van der Waals surface area contributed by atoms with Crippen molar-refractivity contribution in [3.05, 3.63) is 63.1 Å². The second-order valence-electron chi connectivity index (χ2n) is 6.86. The standard InChI is InChI=1S/C22H25Cl2NO3/c1-14(4-9-20(26)28-3)10-11-25-21(16-5-7-17(23)8-6-16)19-13-18(24)12-15(2)22(19)27/h5-8,12-14,27H,4,9-11H2,1-3H3. The number of aryl methyl sites for hydroxylation is 1. The van der Waals surface area contributed by atoms with Crippen LogP contribution in [-0.2, 0) is 9.53 Å². The summed E-state index contributed by atoms with van der Waals surface area (Å²) in [5.74, 6) is 0.289. The summed E-state index contributed by atoms with van der Waals surface area (Å²) >= 11 is 12.2. The Morgan fingerprint density at radius 2 is 1.82 bits per heavy atom. The largest absolute Gasteiger partial charge is 0.507 e. The number of esters is 1. The van der Waals surface area contributed by atoms with E-state index in [9.17, 15) is 9.90 Å². The lowest BCUT2D eigenvalue weighted by molar-refractivity contribution is -0.140. The van der Waals surface area contributed by atoms with Crippen LogP contribution in [0.5, 0.6) is 5.75 Å². The number of methoxy groups -OCH3 is 1. The molecule has 150 valence electrons. The van der Waals surface area contributed by atoms with E-state index in [0.29, 0.717) is 45.8 Å². The first-order chi connectivity index (χ1) is 13.3. The predicted octanol–water partition coefficient (Wildman–Crippen LogP) is 5.82. The summed E-state index contributed by atoms with van der Waals surface area (Å²) in [6.07, 6.45) is 1.97. The van der Waals surface area contributed by atoms with Crippen molar-refractivity contribution in [1.82, 2.24) is 0 Å². The molecule has 0 aliphatic carbocycles. The van der Waals surface area contributed by atoms with Gasteiger partial charge in [-0.15, -0.1) is 0 Å². The number of aromatic hydroxyl groups is 1. The summed E-state index contributed by atoms with van der Waals surface area (Å²) in [5, 5.41) is 11.7. The highest BCUT2D eigenvalue weighted by molar-refractivity contribution is 6.32. The number of hydrogen-bond acceptors (Lipinski definition) is 4. The van der Waals surface area contributed by atoms with Gasteiger partial charge < -0.3 is 9.84 Å². The Bertz CT molecular complexity index is 848. The normalized spacial score (nSPS) is 12.7. The SMILES string of the molecule is COC(=O)CCC(C)CCN=C(c1ccc(Cl)cc1)c1cc(Cl)cc(C)c1O. The molecule has 0 saturated carbocycles. The van der Waals surface area contributed by atoms with Crippen LogP contribution in [0.2, 0.25) is 10.0 Å². The molecule has 0 spiro atoms. The van der Waals surface area contributed by atoms with Gasteiger partial charge in [-0.25, -0.2) is 0 Å². The molecule has 1 N–H and O–H groups in total. The van der Waals surface area contributed by atoms with Gasteiger partial charge >= 0.3 is 5.97 Å². The summed E-state index contributed by atoms with van der Waals surface area (Å²) in [4.78, 5) is 16.1. The van der Waals surface area contributed by atoms with Crippen LogP contribution in [-0.4, -0.2) is 30.4 Å². The molecule has 0 fully saturated rings. The number of phenols is 1. The molecular formula is C22H25Cl2NO3. The fourth-order valence-corrected chi connectivity index (χ4v) is 3.26. The maximum atomic E-state index is 11.3. The molecule has 0 heterocycles. The van der Waals surface area contributed by atoms with Gasteiger partial charge in [0.25, 0.3) is 0 Å². The van der Waals surface area contributed by atoms with Gasteiger partial charge in [0.1, 0.15) is 5.75 Å². The van der Waals surface area contributed by atoms with Crippen molar-refractivity contribution in [3.8, 4) is 5.75 Å². The summed E-state index contributed by atoms with van der Waals surface area (Å²) in [5.41, 5.74) is 2.80. The van der Waals surface area contributed by atoms with Gasteiger partial charge in [0.15, 0.2) is 0 Å². The Labute approximate surface area is 176 Å². The lowest BCUT2D eigenvalue weighted by Gasteiger charge is -2.14. The van der Waals surface area contributed by atoms with Crippen molar-refractivity contribution in [2.45, 2.75) is 33.1 Å². The average Bonchev–Trinajstić information content (AvgIpc) is 2.67. The second kappa shape index (κ2) is 10.5. The number of ether oxygens (including phenoxy) is 1. The first-order valence-electron chi connectivity index (χ1n) is 9.18. The summed E-state index contributed by atoms with van der Waals surface area (Å²) in [6.45, 7) is 4.45. The minimum atomic E-state index is -0.198. The van der Waals surface area contributed by atoms with Gasteiger partial charge in [-0.2, -0.15) is 0 Å². The molecule has 2 rings (SSSR count). The minimum Gasteiger partial charge on any atom is -0.507 e. The lowest BCUT2D eigenvalue weighted by atomic mass is 9.98. The topological polar surface area (TPSA) is 58.9 Å². The Morgan fingerprint density at radius 3 is 2.46 bits per heavy atom. The van der Waals surface area contributed by atoms with Crippen molar-refractivity contribution >= 4 is 34.9 Å². The van der Waals surface area contributed by atoms with E-state index in [1.807, 2.05) is 12.1 Å². The van der Waals surface area contributed by atoms with Crippen LogP contribution >= 0.6 is 23.2 Å². The fraction of sp³-hybridized carbons (Fsp3) is 0.364. The van der Waals surface area contributed by atoms with E-state index in [1.54, 1.807) is 31.2 Å². The number of aliphatic imine (C=N–C) groups is 1. The van der Waals surface area contributed by atoms with E-state index in [4.69, 9.17) is 28.2 Å². The van der Waals surface area contributed by atoms with Crippen LogP contribution in [0.15, 0.2) is 41.4 Å². The van der Waals surface area contributed by atoms with Crippen LogP contribution < -0.4 is 0 Å². The van der Waals surface area contributed by atoms with Crippen molar-refractivity contribution in [2.75, 3.05) is 13.7 Å². The Kier molecular flexibility index (Phi) is 8.34. The highest BCUT2D eigenvalue weighted by atomic mass is 35.5. The van der Waals surface area contributed by atoms with Crippen LogP contribution in [0.3, 0.4) is 0 Å². The second-order valence-corrected chi connectivity index (χ2v) is 7.74. The first kappa shape index (κ1) is 22.3. The number of nitrogens with zero attached hydrogens (tertiary/aromatic N) is 1. The van der Waals surface area contributed by atoms with E-state index in [-0.39, 0.29) is 11.7 Å². The van der Waals surface area contributed by atoms with Crippen molar-refractivity contribution in [3.63, 3.8) is 0 Å². The highest BCUT2D eigenvalue weighted by Crippen LogP contribution is 2.29. The van der Waals surface area contributed by atoms with E-state index in [1.165, 1.54) is 7.11 Å². The summed E-state index contributed by atoms with van der Waals surface area (Å²) in [7, 11) is 1.40. The van der Waals surface area contributed by atoms with Crippen molar-refractivity contribution in [1.29, 1.82) is 0 Å². The summed E-state index contributed by atoms with van der Waals surface area (Å²) in [6, 6.07) is 10.8. The van der Waals surface area contributed by atoms with Crippen molar-refractivity contribution in [2.24, 2.45) is 10.9 Å². The van der Waals surface area contributed by atoms with Crippen LogP contribution in [0.1, 0.15) is 42.9 Å². The van der Waals surface area contributed by atoms with Crippen LogP contribution in [0, 0.1) is 12.8 Å². The van der Waals surface area contributed by atoms with Gasteiger partial charge in [-0.3, -0.25) is 9.79 Å². The molecule has 0 aliphatic heterocycles. The predicted molar refractivity (Wildman–Crippen MR) is 115 cm³/mol. The number of phenolic OH excluding ortho intramolecular Hbond substituents is 1. The number of hydrogen-bond donors (Lipinski definition) is 1. The van der Waals surface area contributed by atoms with E-state index in [2.05, 4.69) is 11.7 Å². The highest BCUT2D eigenvalue weighted by Gasteiger charge is 2.15. The summed E-state index contributed by atoms with van der Waals surface area (Å²) < 4.78 is 4.69. The molecule has 1 atom stereocenters. The monoisotopic (exact) mass is 421 g/mol. The molecule has 0 aromatic heterocycles. The smallest absolute Gasteiger partial charge is 0.305 e. The Balaban J connectivity index is 2.26. The molecule has 0 saturated heterocycles. The number of carbonyl (C=O) groups excluding carboxylic acids is 1. The molecule has 4 nitrogen and oxygen atoms in total. The third-order valence-electron chi connectivity index (χ3n) is 4.60. The molecule has 0 radical (unpaired) electrons. The van der Waals surface area contributed by atoms with Gasteiger partial charge in [-0.1, -0.05) is 42.3 Å². The van der Waals surface area contributed by atoms with Gasteiger partial charge in [0, 0.05) is 34.1 Å². The lowest BCUT2D eigenvalue weighted by Crippen LogP contribution is -2.08. The number of benzene rings is 2. The number of rotatable bonds is 8. The quantitative estimate of drug-likeness (QED) is 0.431. The zero-order chi connectivity index (χ0) is 20.7. The maximum absolute atomic E-state index is 11.3. The van der Waals surface area contributed by atoms with E-state index >= 15 is 0 Å². The van der Waals surface area contributed by atoms with Crippen LogP contribution in [0.25, 0.3) is 0 Å². The number of halogens is 2. The number of carbonyl (C=O) groups is 1. The molecule has 0 bridgehead atoms. The minimum absolute atomic E-state index is 0.164. The Hall–Kier alpha value is -2.04. The van der Waals surface area contributed by atoms with Crippen molar-refractivity contribution < 1.29 is 14.6 Å². The molecule has 2 aromatic rings. The van der Waals surface area contributed by atoms with E-state index < -0.39 is 0 Å². The van der Waals surface area contributed by atoms with Crippen LogP contribution in [0.4, 0.5) is 0 Å². The molecule has 0 aliphatic rings. The first-order valence-corrected chi connectivity index (χ1v) is 9.94. The molecule has 28 heavy (non-hydrogen) atoms. The molecule has 1 unspecified atom stereocenters. The maximum Gasteiger partial charge on any atom is 0.305 e. The Morgan fingerprint density at radius 1 is 1.14 bits per heavy atom. The molecule has 2 aromatic carbocycles. The molecular weight excluding hydrogens is 397 g/mol. The van der Waals surface area contributed by atoms with E-state index in [0.717, 1.165) is 18.4 Å². The van der Waals surface area contributed by atoms with Gasteiger partial charge in [0.05, 0.1) is 12.8 Å². The van der Waals surface area contributed by atoms with Gasteiger partial charge in [0.2, 0.25) is 0 Å². The molecule has 0 amide bonds. The third kappa shape index (κ3) is 6.25. The zero-order valence-electron chi connectivity index (χ0n) is 16.3. The van der Waals surface area contributed by atoms with Gasteiger partial charge in [-0.05, 0) is 55.5 Å². The fourth-order valence-electron chi connectivity index (χ4n) is 2.86. The zero-order valence-corrected chi connectivity index (χ0v) is 17.8. The third-order valence-corrected chi connectivity index (χ3v) is 5.07. The molecule has 6 heteroatoms. The average molecular weight is 422 g/mol.